The molecule has 1 aliphatic heterocycles. The Morgan fingerprint density at radius 3 is 2.86 bits per heavy atom. The van der Waals surface area contributed by atoms with Crippen molar-refractivity contribution in [3.05, 3.63) is 29.8 Å². The number of ether oxygens (including phenoxy) is 2. The lowest BCUT2D eigenvalue weighted by molar-refractivity contribution is -0.0123. The molecule has 1 aliphatic rings. The number of β-amino-alcohol motifs (C(OH)–C–C–N with tert-alkyl or cyclic N) is 1. The summed E-state index contributed by atoms with van der Waals surface area (Å²) in [7, 11) is 0. The van der Waals surface area contributed by atoms with E-state index < -0.39 is 6.10 Å². The van der Waals surface area contributed by atoms with E-state index >= 15 is 0 Å². The molecule has 1 saturated heterocycles. The monoisotopic (exact) mass is 304 g/mol. The average molecular weight is 304 g/mol. The first-order valence-corrected chi connectivity index (χ1v) is 7.86. The summed E-state index contributed by atoms with van der Waals surface area (Å²) in [5.74, 6) is 0.670. The van der Waals surface area contributed by atoms with Crippen LogP contribution in [0.15, 0.2) is 24.3 Å². The van der Waals surface area contributed by atoms with Crippen molar-refractivity contribution in [3.8, 4) is 11.8 Å². The molecule has 5 nitrogen and oxygen atoms in total. The molecule has 1 N–H and O–H groups in total. The minimum absolute atomic E-state index is 0.252. The van der Waals surface area contributed by atoms with Crippen LogP contribution in [0.2, 0.25) is 0 Å². The Balaban J connectivity index is 1.72. The van der Waals surface area contributed by atoms with E-state index in [1.807, 2.05) is 6.92 Å². The number of aliphatic hydroxyl groups excluding tert-OH is 1. The fraction of sp³-hybridized carbons (Fsp3) is 0.588. The summed E-state index contributed by atoms with van der Waals surface area (Å²) < 4.78 is 11.2. The van der Waals surface area contributed by atoms with E-state index in [0.29, 0.717) is 17.9 Å². The molecule has 5 heteroatoms. The van der Waals surface area contributed by atoms with Crippen molar-refractivity contribution in [2.24, 2.45) is 0 Å². The summed E-state index contributed by atoms with van der Waals surface area (Å²) in [4.78, 5) is 2.23. The number of piperidine rings is 1. The fourth-order valence-corrected chi connectivity index (χ4v) is 2.72. The highest BCUT2D eigenvalue weighted by molar-refractivity contribution is 5.34. The van der Waals surface area contributed by atoms with E-state index in [9.17, 15) is 5.11 Å². The van der Waals surface area contributed by atoms with Gasteiger partial charge < -0.3 is 14.6 Å². The van der Waals surface area contributed by atoms with E-state index in [2.05, 4.69) is 11.0 Å². The quantitative estimate of drug-likeness (QED) is 0.832. The number of aliphatic hydroxyl groups is 1. The molecular formula is C17H24N2O3. The number of hydrogen-bond acceptors (Lipinski definition) is 5. The third-order valence-corrected chi connectivity index (χ3v) is 3.76. The Morgan fingerprint density at radius 1 is 1.41 bits per heavy atom. The molecule has 0 spiro atoms. The van der Waals surface area contributed by atoms with Gasteiger partial charge in [0.25, 0.3) is 0 Å². The Morgan fingerprint density at radius 2 is 2.18 bits per heavy atom. The molecule has 120 valence electrons. The van der Waals surface area contributed by atoms with Gasteiger partial charge in [-0.2, -0.15) is 5.26 Å². The van der Waals surface area contributed by atoms with Gasteiger partial charge in [-0.15, -0.1) is 0 Å². The fourth-order valence-electron chi connectivity index (χ4n) is 2.72. The lowest BCUT2D eigenvalue weighted by Crippen LogP contribution is -2.44. The SMILES string of the molecule is CCOC1CCCN(CC(O)COc2ccc(C#N)cc2)C1. The lowest BCUT2D eigenvalue weighted by Gasteiger charge is -2.33. The van der Waals surface area contributed by atoms with Crippen molar-refractivity contribution in [3.63, 3.8) is 0 Å². The molecule has 0 aromatic heterocycles. The standard InChI is InChI=1S/C17H24N2O3/c1-2-21-17-4-3-9-19(12-17)11-15(20)13-22-16-7-5-14(10-18)6-8-16/h5-8,15,17,20H,2-4,9,11-13H2,1H3. The van der Waals surface area contributed by atoms with E-state index in [1.165, 1.54) is 0 Å². The zero-order chi connectivity index (χ0) is 15.8. The van der Waals surface area contributed by atoms with Gasteiger partial charge >= 0.3 is 0 Å². The molecule has 22 heavy (non-hydrogen) atoms. The molecular weight excluding hydrogens is 280 g/mol. The van der Waals surface area contributed by atoms with Gasteiger partial charge in [-0.1, -0.05) is 0 Å². The minimum Gasteiger partial charge on any atom is -0.491 e. The van der Waals surface area contributed by atoms with E-state index in [4.69, 9.17) is 14.7 Å². The van der Waals surface area contributed by atoms with Crippen molar-refractivity contribution in [2.75, 3.05) is 32.8 Å². The van der Waals surface area contributed by atoms with Gasteiger partial charge in [0.15, 0.2) is 0 Å². The van der Waals surface area contributed by atoms with Gasteiger partial charge in [0.2, 0.25) is 0 Å². The van der Waals surface area contributed by atoms with Crippen LogP contribution in [-0.4, -0.2) is 55.1 Å². The molecule has 0 amide bonds. The highest BCUT2D eigenvalue weighted by atomic mass is 16.5. The molecule has 0 saturated carbocycles. The molecule has 2 unspecified atom stereocenters. The Hall–Kier alpha value is -1.61. The predicted molar refractivity (Wildman–Crippen MR) is 83.7 cm³/mol. The maximum Gasteiger partial charge on any atom is 0.119 e. The molecule has 2 atom stereocenters. The summed E-state index contributed by atoms with van der Waals surface area (Å²) in [6, 6.07) is 8.97. The Labute approximate surface area is 132 Å². The Kier molecular flexibility index (Phi) is 6.66. The van der Waals surface area contributed by atoms with E-state index in [0.717, 1.165) is 32.5 Å². The second kappa shape index (κ2) is 8.74. The summed E-state index contributed by atoms with van der Waals surface area (Å²) in [5.41, 5.74) is 0.600. The maximum atomic E-state index is 10.1. The molecule has 1 heterocycles. The first kappa shape index (κ1) is 16.8. The van der Waals surface area contributed by atoms with Gasteiger partial charge in [0.1, 0.15) is 18.5 Å². The number of nitriles is 1. The van der Waals surface area contributed by atoms with Crippen molar-refractivity contribution >= 4 is 0 Å². The van der Waals surface area contributed by atoms with Crippen LogP contribution in [-0.2, 0) is 4.74 Å². The number of hydrogen-bond donors (Lipinski definition) is 1. The second-order valence-electron chi connectivity index (χ2n) is 5.58. The van der Waals surface area contributed by atoms with E-state index in [-0.39, 0.29) is 12.7 Å². The van der Waals surface area contributed by atoms with E-state index in [1.54, 1.807) is 24.3 Å². The molecule has 1 aromatic rings. The van der Waals surface area contributed by atoms with Crippen LogP contribution >= 0.6 is 0 Å². The van der Waals surface area contributed by atoms with Crippen LogP contribution < -0.4 is 4.74 Å². The van der Waals surface area contributed by atoms with Crippen LogP contribution in [0.1, 0.15) is 25.3 Å². The third-order valence-electron chi connectivity index (χ3n) is 3.76. The van der Waals surface area contributed by atoms with Crippen LogP contribution in [0.3, 0.4) is 0 Å². The highest BCUT2D eigenvalue weighted by Crippen LogP contribution is 2.15. The Bertz CT molecular complexity index is 482. The predicted octanol–water partition coefficient (Wildman–Crippen LogP) is 1.80. The smallest absolute Gasteiger partial charge is 0.119 e. The number of benzene rings is 1. The molecule has 2 rings (SSSR count). The van der Waals surface area contributed by atoms with Crippen molar-refractivity contribution in [2.45, 2.75) is 32.0 Å². The van der Waals surface area contributed by atoms with Gasteiger partial charge in [0.05, 0.1) is 17.7 Å². The van der Waals surface area contributed by atoms with Gasteiger partial charge in [-0.05, 0) is 50.6 Å². The number of nitrogens with zero attached hydrogens (tertiary/aromatic N) is 2. The summed E-state index contributed by atoms with van der Waals surface area (Å²) in [5, 5.41) is 18.9. The van der Waals surface area contributed by atoms with Crippen LogP contribution in [0.25, 0.3) is 0 Å². The first-order valence-electron chi connectivity index (χ1n) is 7.86. The zero-order valence-electron chi connectivity index (χ0n) is 13.1. The molecule has 1 aromatic carbocycles. The molecule has 0 bridgehead atoms. The summed E-state index contributed by atoms with van der Waals surface area (Å²) >= 11 is 0. The van der Waals surface area contributed by atoms with Gasteiger partial charge in [-0.3, -0.25) is 4.90 Å². The highest BCUT2D eigenvalue weighted by Gasteiger charge is 2.22. The molecule has 0 aliphatic carbocycles. The largest absolute Gasteiger partial charge is 0.491 e. The van der Waals surface area contributed by atoms with Crippen LogP contribution in [0.4, 0.5) is 0 Å². The van der Waals surface area contributed by atoms with Crippen molar-refractivity contribution < 1.29 is 14.6 Å². The lowest BCUT2D eigenvalue weighted by atomic mass is 10.1. The number of rotatable bonds is 7. The summed E-state index contributed by atoms with van der Waals surface area (Å²) in [6.45, 7) is 5.48. The van der Waals surface area contributed by atoms with Gasteiger partial charge in [-0.25, -0.2) is 0 Å². The maximum absolute atomic E-state index is 10.1. The first-order chi connectivity index (χ1) is 10.7. The summed E-state index contributed by atoms with van der Waals surface area (Å²) in [6.07, 6.45) is 1.96. The van der Waals surface area contributed by atoms with Crippen molar-refractivity contribution in [1.29, 1.82) is 5.26 Å². The average Bonchev–Trinajstić information content (AvgIpc) is 2.54. The molecule has 0 radical (unpaired) electrons. The minimum atomic E-state index is -0.531. The van der Waals surface area contributed by atoms with Crippen molar-refractivity contribution in [1.82, 2.24) is 4.90 Å². The van der Waals surface area contributed by atoms with Crippen LogP contribution in [0, 0.1) is 11.3 Å². The normalized spacial score (nSPS) is 20.3. The topological polar surface area (TPSA) is 65.7 Å². The van der Waals surface area contributed by atoms with Gasteiger partial charge in [0, 0.05) is 19.7 Å². The molecule has 1 fully saturated rings. The third kappa shape index (κ3) is 5.30. The number of likely N-dealkylation sites (tertiary alicyclic amines) is 1. The van der Waals surface area contributed by atoms with Crippen LogP contribution in [0.5, 0.6) is 5.75 Å². The second-order valence-corrected chi connectivity index (χ2v) is 5.58. The zero-order valence-corrected chi connectivity index (χ0v) is 13.1.